The minimum absolute atomic E-state index is 0.0281. The van der Waals surface area contributed by atoms with Gasteiger partial charge in [0.1, 0.15) is 17.4 Å². The Hall–Kier alpha value is -2.23. The number of ether oxygens (including phenoxy) is 1. The van der Waals surface area contributed by atoms with E-state index in [2.05, 4.69) is 0 Å². The lowest BCUT2D eigenvalue weighted by molar-refractivity contribution is 0.0992. The molecule has 2 rings (SSSR count). The van der Waals surface area contributed by atoms with Crippen molar-refractivity contribution in [3.8, 4) is 5.75 Å². The van der Waals surface area contributed by atoms with E-state index in [-0.39, 0.29) is 17.8 Å². The lowest BCUT2D eigenvalue weighted by atomic mass is 10.0. The van der Waals surface area contributed by atoms with E-state index in [1.807, 2.05) is 0 Å². The second-order valence-electron chi connectivity index (χ2n) is 4.11. The highest BCUT2D eigenvalue weighted by Crippen LogP contribution is 2.16. The monoisotopic (exact) mass is 262 g/mol. The summed E-state index contributed by atoms with van der Waals surface area (Å²) in [7, 11) is 1.53. The highest BCUT2D eigenvalue weighted by molar-refractivity contribution is 5.97. The Balaban J connectivity index is 2.20. The van der Waals surface area contributed by atoms with E-state index < -0.39 is 11.6 Å². The Bertz CT molecular complexity index is 589. The van der Waals surface area contributed by atoms with E-state index in [0.717, 1.165) is 23.8 Å². The summed E-state index contributed by atoms with van der Waals surface area (Å²) in [5, 5.41) is 0. The molecule has 0 aliphatic carbocycles. The molecule has 0 amide bonds. The Morgan fingerprint density at radius 1 is 1.11 bits per heavy atom. The summed E-state index contributed by atoms with van der Waals surface area (Å²) >= 11 is 0. The Kier molecular flexibility index (Phi) is 3.90. The summed E-state index contributed by atoms with van der Waals surface area (Å²) in [5.41, 5.74) is 0.759. The van der Waals surface area contributed by atoms with Gasteiger partial charge in [0.15, 0.2) is 5.78 Å². The maximum atomic E-state index is 13.0. The van der Waals surface area contributed by atoms with Gasteiger partial charge in [-0.25, -0.2) is 8.78 Å². The van der Waals surface area contributed by atoms with Gasteiger partial charge in [0.2, 0.25) is 0 Å². The first kappa shape index (κ1) is 13.2. The predicted molar refractivity (Wildman–Crippen MR) is 67.4 cm³/mol. The van der Waals surface area contributed by atoms with E-state index in [4.69, 9.17) is 4.74 Å². The third-order valence-electron chi connectivity index (χ3n) is 2.68. The van der Waals surface area contributed by atoms with E-state index in [0.29, 0.717) is 5.75 Å². The van der Waals surface area contributed by atoms with Crippen LogP contribution in [-0.2, 0) is 6.42 Å². The molecule has 0 radical (unpaired) electrons. The minimum Gasteiger partial charge on any atom is -0.497 e. The van der Waals surface area contributed by atoms with Gasteiger partial charge in [0, 0.05) is 18.1 Å². The number of halogens is 2. The van der Waals surface area contributed by atoms with Crippen LogP contribution in [-0.4, -0.2) is 12.9 Å². The molecule has 2 aromatic carbocycles. The maximum Gasteiger partial charge on any atom is 0.167 e. The molecule has 19 heavy (non-hydrogen) atoms. The third kappa shape index (κ3) is 3.37. The summed E-state index contributed by atoms with van der Waals surface area (Å²) < 4.78 is 31.1. The highest BCUT2D eigenvalue weighted by Gasteiger charge is 2.10. The Labute approximate surface area is 109 Å². The average molecular weight is 262 g/mol. The predicted octanol–water partition coefficient (Wildman–Crippen LogP) is 3.40. The van der Waals surface area contributed by atoms with Crippen molar-refractivity contribution in [2.45, 2.75) is 6.42 Å². The first-order valence-electron chi connectivity index (χ1n) is 5.70. The fourth-order valence-electron chi connectivity index (χ4n) is 1.78. The summed E-state index contributed by atoms with van der Waals surface area (Å²) in [6, 6.07) is 9.80. The van der Waals surface area contributed by atoms with Gasteiger partial charge in [-0.15, -0.1) is 0 Å². The molecule has 0 bridgehead atoms. The summed E-state index contributed by atoms with van der Waals surface area (Å²) in [4.78, 5) is 11.9. The molecule has 98 valence electrons. The molecule has 0 aliphatic rings. The largest absolute Gasteiger partial charge is 0.497 e. The molecule has 0 fully saturated rings. The van der Waals surface area contributed by atoms with Crippen molar-refractivity contribution >= 4 is 5.78 Å². The second-order valence-corrected chi connectivity index (χ2v) is 4.11. The smallest absolute Gasteiger partial charge is 0.167 e. The fraction of sp³-hybridized carbons (Fsp3) is 0.133. The number of rotatable bonds is 4. The van der Waals surface area contributed by atoms with Gasteiger partial charge in [0.25, 0.3) is 0 Å². The zero-order valence-corrected chi connectivity index (χ0v) is 10.3. The van der Waals surface area contributed by atoms with Crippen LogP contribution in [0.1, 0.15) is 15.9 Å². The van der Waals surface area contributed by atoms with Gasteiger partial charge in [0.05, 0.1) is 7.11 Å². The first-order chi connectivity index (χ1) is 9.08. The van der Waals surface area contributed by atoms with Gasteiger partial charge in [-0.05, 0) is 29.8 Å². The molecule has 0 saturated heterocycles. The van der Waals surface area contributed by atoms with Crippen LogP contribution in [0.25, 0.3) is 0 Å². The molecule has 0 unspecified atom stereocenters. The van der Waals surface area contributed by atoms with E-state index in [1.165, 1.54) is 7.11 Å². The number of Topliss-reactive ketones (excluding diaryl/α,β-unsaturated/α-hetero) is 1. The number of hydrogen-bond donors (Lipinski definition) is 0. The summed E-state index contributed by atoms with van der Waals surface area (Å²) in [6.45, 7) is 0. The zero-order chi connectivity index (χ0) is 13.8. The summed E-state index contributed by atoms with van der Waals surface area (Å²) in [5.74, 6) is -1.22. The van der Waals surface area contributed by atoms with Crippen LogP contribution in [0.15, 0.2) is 42.5 Å². The van der Waals surface area contributed by atoms with Crippen molar-refractivity contribution in [1.82, 2.24) is 0 Å². The molecular formula is C15H12F2O2. The second kappa shape index (κ2) is 5.61. The molecule has 0 aromatic heterocycles. The molecule has 2 nitrogen and oxygen atoms in total. The van der Waals surface area contributed by atoms with Crippen molar-refractivity contribution in [1.29, 1.82) is 0 Å². The van der Waals surface area contributed by atoms with Crippen LogP contribution >= 0.6 is 0 Å². The van der Waals surface area contributed by atoms with Crippen LogP contribution in [0.3, 0.4) is 0 Å². The number of methoxy groups -OCH3 is 1. The highest BCUT2D eigenvalue weighted by atomic mass is 19.1. The molecule has 0 atom stereocenters. The van der Waals surface area contributed by atoms with Crippen LogP contribution in [0.5, 0.6) is 5.75 Å². The number of carbonyl (C=O) groups is 1. The molecular weight excluding hydrogens is 250 g/mol. The van der Waals surface area contributed by atoms with Gasteiger partial charge in [-0.1, -0.05) is 12.1 Å². The Morgan fingerprint density at radius 2 is 1.79 bits per heavy atom. The molecule has 0 saturated carbocycles. The number of hydrogen-bond acceptors (Lipinski definition) is 2. The van der Waals surface area contributed by atoms with Crippen LogP contribution in [0.2, 0.25) is 0 Å². The lowest BCUT2D eigenvalue weighted by Gasteiger charge is -2.04. The quantitative estimate of drug-likeness (QED) is 0.789. The zero-order valence-electron chi connectivity index (χ0n) is 10.3. The van der Waals surface area contributed by atoms with Gasteiger partial charge >= 0.3 is 0 Å². The molecule has 0 N–H and O–H groups in total. The van der Waals surface area contributed by atoms with Crippen LogP contribution in [0, 0.1) is 11.6 Å². The molecule has 0 spiro atoms. The average Bonchev–Trinajstić information content (AvgIpc) is 2.37. The van der Waals surface area contributed by atoms with Crippen molar-refractivity contribution in [2.75, 3.05) is 7.11 Å². The van der Waals surface area contributed by atoms with Crippen molar-refractivity contribution in [3.63, 3.8) is 0 Å². The summed E-state index contributed by atoms with van der Waals surface area (Å²) in [6.07, 6.45) is 0.0695. The standard InChI is InChI=1S/C15H12F2O2/c1-19-14-4-2-3-10(5-14)6-15(18)11-7-12(16)9-13(17)8-11/h2-5,7-9H,6H2,1H3. The molecule has 0 heterocycles. The van der Waals surface area contributed by atoms with Gasteiger partial charge in [-0.3, -0.25) is 4.79 Å². The lowest BCUT2D eigenvalue weighted by Crippen LogP contribution is -2.05. The van der Waals surface area contributed by atoms with Crippen molar-refractivity contribution in [3.05, 3.63) is 65.2 Å². The normalized spacial score (nSPS) is 10.3. The number of carbonyl (C=O) groups excluding carboxylic acids is 1. The van der Waals surface area contributed by atoms with E-state index in [9.17, 15) is 13.6 Å². The van der Waals surface area contributed by atoms with E-state index >= 15 is 0 Å². The molecule has 4 heteroatoms. The topological polar surface area (TPSA) is 26.3 Å². The van der Waals surface area contributed by atoms with Crippen LogP contribution < -0.4 is 4.74 Å². The number of ketones is 1. The van der Waals surface area contributed by atoms with Gasteiger partial charge < -0.3 is 4.74 Å². The molecule has 2 aromatic rings. The fourth-order valence-corrected chi connectivity index (χ4v) is 1.78. The minimum atomic E-state index is -0.756. The third-order valence-corrected chi connectivity index (χ3v) is 2.68. The number of benzene rings is 2. The van der Waals surface area contributed by atoms with E-state index in [1.54, 1.807) is 24.3 Å². The van der Waals surface area contributed by atoms with Crippen LogP contribution in [0.4, 0.5) is 8.78 Å². The Morgan fingerprint density at radius 3 is 2.42 bits per heavy atom. The van der Waals surface area contributed by atoms with Gasteiger partial charge in [-0.2, -0.15) is 0 Å². The first-order valence-corrected chi connectivity index (χ1v) is 5.70. The SMILES string of the molecule is COc1cccc(CC(=O)c2cc(F)cc(F)c2)c1. The molecule has 0 aliphatic heterocycles. The van der Waals surface area contributed by atoms with Crippen molar-refractivity contribution in [2.24, 2.45) is 0 Å². The van der Waals surface area contributed by atoms with Crippen molar-refractivity contribution < 1.29 is 18.3 Å². The maximum absolute atomic E-state index is 13.0.